The maximum Gasteiger partial charge on any atom is 0.221 e. The molecule has 112 valence electrons. The van der Waals surface area contributed by atoms with Gasteiger partial charge in [-0.25, -0.2) is 0 Å². The van der Waals surface area contributed by atoms with Gasteiger partial charge in [0.1, 0.15) is 0 Å². The molecule has 5 heteroatoms. The maximum atomic E-state index is 11.5. The zero-order valence-corrected chi connectivity index (χ0v) is 13.4. The van der Waals surface area contributed by atoms with E-state index in [9.17, 15) is 9.59 Å². The van der Waals surface area contributed by atoms with Crippen molar-refractivity contribution in [3.8, 4) is 0 Å². The molecule has 2 atom stereocenters. The monoisotopic (exact) mass is 288 g/mol. The van der Waals surface area contributed by atoms with Gasteiger partial charge in [-0.3, -0.25) is 9.59 Å². The van der Waals surface area contributed by atoms with Gasteiger partial charge in [0.2, 0.25) is 11.8 Å². The van der Waals surface area contributed by atoms with Crippen LogP contribution in [0.1, 0.15) is 53.4 Å². The molecule has 0 bridgehead atoms. The van der Waals surface area contributed by atoms with Crippen molar-refractivity contribution in [2.45, 2.75) is 65.5 Å². The van der Waals surface area contributed by atoms with Gasteiger partial charge in [-0.2, -0.15) is 11.8 Å². The van der Waals surface area contributed by atoms with Crippen LogP contribution in [0.5, 0.6) is 0 Å². The predicted octanol–water partition coefficient (Wildman–Crippen LogP) is 2.33. The number of carbonyl (C=O) groups is 2. The average molecular weight is 288 g/mol. The SMILES string of the molecule is CC[C@@H](C)NC(=O)CCSCCC(=O)N[C@@H](C)CC. The molecule has 4 nitrogen and oxygen atoms in total. The molecule has 2 amide bonds. The van der Waals surface area contributed by atoms with Crippen molar-refractivity contribution >= 4 is 23.6 Å². The van der Waals surface area contributed by atoms with Crippen LogP contribution in [0.25, 0.3) is 0 Å². The third kappa shape index (κ3) is 10.9. The van der Waals surface area contributed by atoms with E-state index in [-0.39, 0.29) is 23.9 Å². The van der Waals surface area contributed by atoms with Crippen LogP contribution in [0.4, 0.5) is 0 Å². The molecule has 0 radical (unpaired) electrons. The molecule has 0 fully saturated rings. The van der Waals surface area contributed by atoms with Crippen LogP contribution < -0.4 is 10.6 Å². The van der Waals surface area contributed by atoms with E-state index in [1.54, 1.807) is 11.8 Å². The van der Waals surface area contributed by atoms with Gasteiger partial charge < -0.3 is 10.6 Å². The molecule has 0 saturated heterocycles. The second-order valence-corrected chi connectivity index (χ2v) is 6.09. The lowest BCUT2D eigenvalue weighted by Crippen LogP contribution is -2.32. The van der Waals surface area contributed by atoms with Crippen LogP contribution in [0.2, 0.25) is 0 Å². The highest BCUT2D eigenvalue weighted by molar-refractivity contribution is 7.99. The van der Waals surface area contributed by atoms with E-state index in [4.69, 9.17) is 0 Å². The van der Waals surface area contributed by atoms with Gasteiger partial charge in [-0.15, -0.1) is 0 Å². The third-order valence-electron chi connectivity index (χ3n) is 2.99. The molecule has 0 unspecified atom stereocenters. The normalized spacial score (nSPS) is 13.7. The van der Waals surface area contributed by atoms with Crippen LogP contribution in [-0.2, 0) is 9.59 Å². The van der Waals surface area contributed by atoms with Crippen molar-refractivity contribution in [2.75, 3.05) is 11.5 Å². The van der Waals surface area contributed by atoms with Gasteiger partial charge in [0, 0.05) is 36.4 Å². The summed E-state index contributed by atoms with van der Waals surface area (Å²) in [4.78, 5) is 23.0. The molecule has 0 spiro atoms. The van der Waals surface area contributed by atoms with Crippen molar-refractivity contribution in [1.82, 2.24) is 10.6 Å². The Morgan fingerprint density at radius 1 is 0.895 bits per heavy atom. The molecule has 0 aromatic rings. The van der Waals surface area contributed by atoms with Crippen molar-refractivity contribution in [3.05, 3.63) is 0 Å². The Balaban J connectivity index is 3.49. The summed E-state index contributed by atoms with van der Waals surface area (Å²) in [5.74, 6) is 1.76. The van der Waals surface area contributed by atoms with E-state index in [0.29, 0.717) is 12.8 Å². The van der Waals surface area contributed by atoms with Crippen LogP contribution in [0, 0.1) is 0 Å². The first-order valence-electron chi connectivity index (χ1n) is 7.16. The van der Waals surface area contributed by atoms with E-state index in [1.807, 2.05) is 13.8 Å². The number of nitrogens with one attached hydrogen (secondary N) is 2. The van der Waals surface area contributed by atoms with Gasteiger partial charge >= 0.3 is 0 Å². The summed E-state index contributed by atoms with van der Waals surface area (Å²) >= 11 is 1.66. The Morgan fingerprint density at radius 2 is 1.26 bits per heavy atom. The molecule has 0 aliphatic heterocycles. The summed E-state index contributed by atoms with van der Waals surface area (Å²) < 4.78 is 0. The smallest absolute Gasteiger partial charge is 0.221 e. The fourth-order valence-corrected chi connectivity index (χ4v) is 2.19. The zero-order valence-electron chi connectivity index (χ0n) is 12.6. The standard InChI is InChI=1S/C14H28N2O2S/c1-5-11(3)15-13(17)7-9-19-10-8-14(18)16-12(4)6-2/h11-12H,5-10H2,1-4H3,(H,15,17)(H,16,18)/t11-,12+. The summed E-state index contributed by atoms with van der Waals surface area (Å²) in [6, 6.07) is 0.498. The molecule has 0 aromatic heterocycles. The highest BCUT2D eigenvalue weighted by atomic mass is 32.2. The van der Waals surface area contributed by atoms with Gasteiger partial charge in [0.25, 0.3) is 0 Å². The number of carbonyl (C=O) groups excluding carboxylic acids is 2. The lowest BCUT2D eigenvalue weighted by atomic mass is 10.2. The minimum absolute atomic E-state index is 0.103. The first-order valence-corrected chi connectivity index (χ1v) is 8.31. The summed E-state index contributed by atoms with van der Waals surface area (Å²) in [5, 5.41) is 5.86. The molecule has 0 aliphatic rings. The van der Waals surface area contributed by atoms with E-state index in [0.717, 1.165) is 24.3 Å². The fraction of sp³-hybridized carbons (Fsp3) is 0.857. The lowest BCUT2D eigenvalue weighted by Gasteiger charge is -2.12. The molecule has 2 N–H and O–H groups in total. The third-order valence-corrected chi connectivity index (χ3v) is 3.97. The quantitative estimate of drug-likeness (QED) is 0.607. The molecule has 0 heterocycles. The molecule has 0 aliphatic carbocycles. The topological polar surface area (TPSA) is 58.2 Å². The minimum atomic E-state index is 0.103. The Bertz CT molecular complexity index is 246. The summed E-state index contributed by atoms with van der Waals surface area (Å²) in [7, 11) is 0. The lowest BCUT2D eigenvalue weighted by molar-refractivity contribution is -0.122. The largest absolute Gasteiger partial charge is 0.354 e. The van der Waals surface area contributed by atoms with Gasteiger partial charge in [-0.05, 0) is 26.7 Å². The van der Waals surface area contributed by atoms with Crippen LogP contribution >= 0.6 is 11.8 Å². The second kappa shape index (κ2) is 11.1. The van der Waals surface area contributed by atoms with Crippen LogP contribution in [-0.4, -0.2) is 35.4 Å². The molecular weight excluding hydrogens is 260 g/mol. The van der Waals surface area contributed by atoms with Crippen LogP contribution in [0.15, 0.2) is 0 Å². The molecular formula is C14H28N2O2S. The van der Waals surface area contributed by atoms with Crippen LogP contribution in [0.3, 0.4) is 0 Å². The number of hydrogen-bond donors (Lipinski definition) is 2. The highest BCUT2D eigenvalue weighted by Crippen LogP contribution is 2.05. The Hall–Kier alpha value is -0.710. The summed E-state index contributed by atoms with van der Waals surface area (Å²) in [6.45, 7) is 8.11. The second-order valence-electron chi connectivity index (χ2n) is 4.87. The first-order chi connectivity index (χ1) is 8.99. The van der Waals surface area contributed by atoms with E-state index in [2.05, 4.69) is 24.5 Å². The Morgan fingerprint density at radius 3 is 1.58 bits per heavy atom. The fourth-order valence-electron chi connectivity index (χ4n) is 1.33. The Kier molecular flexibility index (Phi) is 10.7. The predicted molar refractivity (Wildman–Crippen MR) is 82.4 cm³/mol. The molecule has 0 saturated carbocycles. The van der Waals surface area contributed by atoms with Crippen molar-refractivity contribution < 1.29 is 9.59 Å². The maximum absolute atomic E-state index is 11.5. The summed E-state index contributed by atoms with van der Waals surface area (Å²) in [6.07, 6.45) is 2.97. The van der Waals surface area contributed by atoms with Gasteiger partial charge in [-0.1, -0.05) is 13.8 Å². The van der Waals surface area contributed by atoms with Crippen molar-refractivity contribution in [3.63, 3.8) is 0 Å². The van der Waals surface area contributed by atoms with E-state index in [1.165, 1.54) is 0 Å². The number of thioether (sulfide) groups is 1. The number of hydrogen-bond acceptors (Lipinski definition) is 3. The molecule has 0 aromatic carbocycles. The van der Waals surface area contributed by atoms with Gasteiger partial charge in [0.05, 0.1) is 0 Å². The highest BCUT2D eigenvalue weighted by Gasteiger charge is 2.07. The Labute approximate surface area is 121 Å². The van der Waals surface area contributed by atoms with E-state index < -0.39 is 0 Å². The van der Waals surface area contributed by atoms with Crippen molar-refractivity contribution in [1.29, 1.82) is 0 Å². The molecule has 0 rings (SSSR count). The first kappa shape index (κ1) is 18.3. The minimum Gasteiger partial charge on any atom is -0.354 e. The number of rotatable bonds is 10. The average Bonchev–Trinajstić information content (AvgIpc) is 2.37. The van der Waals surface area contributed by atoms with E-state index >= 15 is 0 Å². The number of amides is 2. The summed E-state index contributed by atoms with van der Waals surface area (Å²) in [5.41, 5.74) is 0. The zero-order chi connectivity index (χ0) is 14.7. The van der Waals surface area contributed by atoms with Crippen molar-refractivity contribution in [2.24, 2.45) is 0 Å². The molecule has 19 heavy (non-hydrogen) atoms. The van der Waals surface area contributed by atoms with Gasteiger partial charge in [0.15, 0.2) is 0 Å².